The number of nitrogens with zero attached hydrogens (tertiary/aromatic N) is 3. The first-order valence-corrected chi connectivity index (χ1v) is 10.2. The minimum absolute atomic E-state index is 0.134. The second kappa shape index (κ2) is 6.93. The second-order valence-electron chi connectivity index (χ2n) is 8.36. The molecule has 0 amide bonds. The summed E-state index contributed by atoms with van der Waals surface area (Å²) in [4.78, 5) is 26.2. The minimum atomic E-state index is -1.28. The molecule has 0 spiro atoms. The largest absolute Gasteiger partial charge is 0.477 e. The summed E-state index contributed by atoms with van der Waals surface area (Å²) < 4.78 is 18.9. The van der Waals surface area contributed by atoms with Crippen LogP contribution in [0, 0.1) is 5.82 Å². The Hall–Kier alpha value is -3.22. The number of aryl methyl sites for hydroxylation is 1. The number of carbonyl (C=O) groups is 1. The van der Waals surface area contributed by atoms with Crippen LogP contribution in [-0.4, -0.2) is 28.7 Å². The third-order valence-corrected chi connectivity index (χ3v) is 6.28. The van der Waals surface area contributed by atoms with Crippen LogP contribution in [0.1, 0.15) is 47.1 Å². The monoisotopic (exact) mass is 408 g/mol. The molecular formula is C23H23FN3O3+. The van der Waals surface area contributed by atoms with Gasteiger partial charge in [0.25, 0.3) is 0 Å². The van der Waals surface area contributed by atoms with Crippen LogP contribution < -0.4 is 14.9 Å². The Morgan fingerprint density at radius 3 is 2.60 bits per heavy atom. The van der Waals surface area contributed by atoms with Crippen molar-refractivity contribution in [3.8, 4) is 0 Å². The van der Waals surface area contributed by atoms with E-state index < -0.39 is 17.2 Å². The fraction of sp³-hybridized carbons (Fsp3) is 0.348. The third-order valence-electron chi connectivity index (χ3n) is 6.28. The zero-order valence-electron chi connectivity index (χ0n) is 16.7. The van der Waals surface area contributed by atoms with Crippen molar-refractivity contribution in [3.63, 3.8) is 0 Å². The van der Waals surface area contributed by atoms with Crippen LogP contribution >= 0.6 is 0 Å². The minimum Gasteiger partial charge on any atom is -0.477 e. The zero-order valence-corrected chi connectivity index (χ0v) is 16.7. The molecule has 5 rings (SSSR count). The number of anilines is 1. The summed E-state index contributed by atoms with van der Waals surface area (Å²) >= 11 is 0. The van der Waals surface area contributed by atoms with Crippen LogP contribution in [0.25, 0.3) is 10.9 Å². The normalized spacial score (nSPS) is 18.9. The maximum atomic E-state index is 15.1. The van der Waals surface area contributed by atoms with Crippen molar-refractivity contribution >= 4 is 22.6 Å². The number of pyridine rings is 2. The molecule has 1 aliphatic carbocycles. The highest BCUT2D eigenvalue weighted by atomic mass is 19.1. The Kier molecular flexibility index (Phi) is 4.34. The number of hydrogen-bond acceptors (Lipinski definition) is 3. The van der Waals surface area contributed by atoms with Crippen molar-refractivity contribution in [1.82, 2.24) is 4.57 Å². The number of carboxylic acid groups (broad SMARTS) is 1. The first-order valence-electron chi connectivity index (χ1n) is 10.2. The summed E-state index contributed by atoms with van der Waals surface area (Å²) in [7, 11) is 1.98. The number of halogens is 1. The summed E-state index contributed by atoms with van der Waals surface area (Å²) in [6, 6.07) is 7.31. The van der Waals surface area contributed by atoms with Gasteiger partial charge in [0.15, 0.2) is 12.4 Å². The Bertz CT molecular complexity index is 1220. The Morgan fingerprint density at radius 2 is 1.93 bits per heavy atom. The number of carboxylic acids is 1. The molecule has 1 atom stereocenters. The van der Waals surface area contributed by atoms with Crippen molar-refractivity contribution in [3.05, 3.63) is 70.0 Å². The van der Waals surface area contributed by atoms with Gasteiger partial charge in [0.2, 0.25) is 5.43 Å². The topological polar surface area (TPSA) is 66.4 Å². The van der Waals surface area contributed by atoms with E-state index in [9.17, 15) is 14.7 Å². The molecule has 1 saturated heterocycles. The molecule has 1 N–H and O–H groups in total. The third kappa shape index (κ3) is 3.14. The fourth-order valence-corrected chi connectivity index (χ4v) is 4.44. The molecule has 0 bridgehead atoms. The van der Waals surface area contributed by atoms with E-state index in [0.717, 1.165) is 25.8 Å². The smallest absolute Gasteiger partial charge is 0.341 e. The lowest BCUT2D eigenvalue weighted by Gasteiger charge is -2.21. The predicted molar refractivity (Wildman–Crippen MR) is 111 cm³/mol. The van der Waals surface area contributed by atoms with Gasteiger partial charge in [-0.2, -0.15) is 0 Å². The number of hydrogen-bond donors (Lipinski definition) is 1. The van der Waals surface area contributed by atoms with Crippen LogP contribution in [0.2, 0.25) is 0 Å². The van der Waals surface area contributed by atoms with Crippen LogP contribution in [0.5, 0.6) is 0 Å². The standard InChI is InChI=1S/C23H22FN3O3/c1-25-7-4-14(5-8-25)15-6-9-26(12-15)21-11-20-17(10-19(21)24)22(28)18(23(29)30)13-27(20)16-2-3-16/h4-5,7-8,10-11,13,15-16H,2-3,6,9,12H2,1H3/p+1. The van der Waals surface area contributed by atoms with Gasteiger partial charge in [-0.1, -0.05) is 0 Å². The SMILES string of the molecule is C[n+]1ccc(C2CCN(c3cc4c(cc3F)c(=O)c(C(=O)O)cn4C3CC3)C2)cc1. The maximum Gasteiger partial charge on any atom is 0.341 e. The summed E-state index contributed by atoms with van der Waals surface area (Å²) in [6.07, 6.45) is 8.25. The first kappa shape index (κ1) is 18.8. The average molecular weight is 408 g/mol. The molecule has 30 heavy (non-hydrogen) atoms. The number of benzene rings is 1. The van der Waals surface area contributed by atoms with Gasteiger partial charge in [-0.05, 0) is 37.0 Å². The molecule has 154 valence electrons. The summed E-state index contributed by atoms with van der Waals surface area (Å²) in [5, 5.41) is 9.52. The van der Waals surface area contributed by atoms with Gasteiger partial charge in [-0.15, -0.1) is 0 Å². The molecule has 2 aromatic heterocycles. The van der Waals surface area contributed by atoms with Gasteiger partial charge < -0.3 is 14.6 Å². The lowest BCUT2D eigenvalue weighted by atomic mass is 10.00. The molecule has 3 heterocycles. The lowest BCUT2D eigenvalue weighted by Crippen LogP contribution is -2.26. The predicted octanol–water partition coefficient (Wildman–Crippen LogP) is 2.99. The molecule has 1 aromatic carbocycles. The molecular weight excluding hydrogens is 385 g/mol. The zero-order chi connectivity index (χ0) is 21.0. The van der Waals surface area contributed by atoms with Crippen LogP contribution in [0.3, 0.4) is 0 Å². The van der Waals surface area contributed by atoms with E-state index in [2.05, 4.69) is 12.1 Å². The summed E-state index contributed by atoms with van der Waals surface area (Å²) in [5.41, 5.74) is 1.39. The van der Waals surface area contributed by atoms with Crippen molar-refractivity contribution in [2.45, 2.75) is 31.2 Å². The molecule has 6 nitrogen and oxygen atoms in total. The Labute approximate surface area is 172 Å². The summed E-state index contributed by atoms with van der Waals surface area (Å²) in [5.74, 6) is -1.44. The van der Waals surface area contributed by atoms with Crippen molar-refractivity contribution in [2.75, 3.05) is 18.0 Å². The molecule has 1 aliphatic heterocycles. The van der Waals surface area contributed by atoms with Gasteiger partial charge in [-0.3, -0.25) is 4.79 Å². The van der Waals surface area contributed by atoms with E-state index >= 15 is 4.39 Å². The van der Waals surface area contributed by atoms with E-state index in [0.29, 0.717) is 23.7 Å². The number of fused-ring (bicyclic) bond motifs is 1. The first-order chi connectivity index (χ1) is 14.4. The lowest BCUT2D eigenvalue weighted by molar-refractivity contribution is -0.671. The Morgan fingerprint density at radius 1 is 1.20 bits per heavy atom. The van der Waals surface area contributed by atoms with Gasteiger partial charge in [0.1, 0.15) is 18.4 Å². The van der Waals surface area contributed by atoms with Crippen molar-refractivity contribution < 1.29 is 18.9 Å². The average Bonchev–Trinajstić information content (AvgIpc) is 3.45. The molecule has 2 fully saturated rings. The number of rotatable bonds is 4. The summed E-state index contributed by atoms with van der Waals surface area (Å²) in [6.45, 7) is 1.44. The quantitative estimate of drug-likeness (QED) is 0.674. The van der Waals surface area contributed by atoms with Crippen LogP contribution in [0.15, 0.2) is 47.7 Å². The van der Waals surface area contributed by atoms with Crippen LogP contribution in [0.4, 0.5) is 10.1 Å². The number of aromatic carboxylic acids is 1. The van der Waals surface area contributed by atoms with E-state index in [1.54, 1.807) is 6.07 Å². The molecule has 1 saturated carbocycles. The van der Waals surface area contributed by atoms with E-state index in [-0.39, 0.29) is 17.0 Å². The molecule has 0 radical (unpaired) electrons. The van der Waals surface area contributed by atoms with Gasteiger partial charge in [-0.25, -0.2) is 13.8 Å². The molecule has 1 unspecified atom stereocenters. The molecule has 2 aliphatic rings. The maximum absolute atomic E-state index is 15.1. The van der Waals surface area contributed by atoms with Gasteiger partial charge in [0, 0.05) is 48.8 Å². The highest BCUT2D eigenvalue weighted by Gasteiger charge is 2.30. The van der Waals surface area contributed by atoms with Crippen molar-refractivity contribution in [2.24, 2.45) is 7.05 Å². The number of aromatic nitrogens is 2. The van der Waals surface area contributed by atoms with Crippen molar-refractivity contribution in [1.29, 1.82) is 0 Å². The molecule has 3 aromatic rings. The van der Waals surface area contributed by atoms with Crippen LogP contribution in [-0.2, 0) is 7.05 Å². The second-order valence-corrected chi connectivity index (χ2v) is 8.36. The highest BCUT2D eigenvalue weighted by molar-refractivity contribution is 5.93. The van der Waals surface area contributed by atoms with Gasteiger partial charge in [0.05, 0.1) is 11.2 Å². The van der Waals surface area contributed by atoms with E-state index in [4.69, 9.17) is 0 Å². The highest BCUT2D eigenvalue weighted by Crippen LogP contribution is 2.39. The fourth-order valence-electron chi connectivity index (χ4n) is 4.44. The molecule has 7 heteroatoms. The van der Waals surface area contributed by atoms with Gasteiger partial charge >= 0.3 is 5.97 Å². The van der Waals surface area contributed by atoms with E-state index in [1.165, 1.54) is 17.8 Å². The van der Waals surface area contributed by atoms with E-state index in [1.807, 2.05) is 33.5 Å². The Balaban J connectivity index is 1.56.